The number of carbonyl (C=O) groups excluding carboxylic acids is 2. The van der Waals surface area contributed by atoms with E-state index in [1.54, 1.807) is 29.2 Å². The first-order valence-electron chi connectivity index (χ1n) is 13.4. The summed E-state index contributed by atoms with van der Waals surface area (Å²) in [6.45, 7) is 10.9. The number of sulfonamides is 1. The van der Waals surface area contributed by atoms with Gasteiger partial charge in [0.05, 0.1) is 42.6 Å². The summed E-state index contributed by atoms with van der Waals surface area (Å²) in [5.41, 5.74) is 2.03. The third kappa shape index (κ3) is 7.09. The summed E-state index contributed by atoms with van der Waals surface area (Å²) in [6, 6.07) is 13.7. The van der Waals surface area contributed by atoms with Crippen LogP contribution in [-0.4, -0.2) is 63.9 Å². The molecule has 3 aromatic rings. The summed E-state index contributed by atoms with van der Waals surface area (Å²) in [6.07, 6.45) is 0.941. The summed E-state index contributed by atoms with van der Waals surface area (Å²) in [7, 11) is -2.21. The average Bonchev–Trinajstić information content (AvgIpc) is 2.86. The predicted octanol–water partition coefficient (Wildman–Crippen LogP) is 5.41. The van der Waals surface area contributed by atoms with E-state index in [2.05, 4.69) is 15.4 Å². The van der Waals surface area contributed by atoms with Crippen molar-refractivity contribution in [3.63, 3.8) is 0 Å². The van der Waals surface area contributed by atoms with E-state index in [4.69, 9.17) is 9.47 Å². The molecule has 1 aliphatic rings. The number of urea groups is 1. The largest absolute Gasteiger partial charge is 0.492 e. The van der Waals surface area contributed by atoms with Crippen LogP contribution in [0.5, 0.6) is 5.75 Å². The van der Waals surface area contributed by atoms with Gasteiger partial charge in [0.1, 0.15) is 0 Å². The second-order valence-electron chi connectivity index (χ2n) is 11.5. The number of methoxy groups -OCH3 is 1. The van der Waals surface area contributed by atoms with E-state index >= 15 is 0 Å². The number of nitrogens with one attached hydrogen (secondary N) is 3. The fourth-order valence-corrected chi connectivity index (χ4v) is 5.59. The van der Waals surface area contributed by atoms with Crippen molar-refractivity contribution < 1.29 is 27.5 Å². The van der Waals surface area contributed by atoms with Gasteiger partial charge >= 0.3 is 6.03 Å². The van der Waals surface area contributed by atoms with Crippen LogP contribution in [0, 0.1) is 0 Å². The Balaban J connectivity index is 1.65. The van der Waals surface area contributed by atoms with Gasteiger partial charge in [-0.3, -0.25) is 9.52 Å². The lowest BCUT2D eigenvalue weighted by molar-refractivity contribution is -0.0585. The molecule has 3 aromatic carbocycles. The Hall–Kier alpha value is -3.83. The number of benzene rings is 3. The lowest BCUT2D eigenvalue weighted by Crippen LogP contribution is -2.48. The molecule has 220 valence electrons. The topological polar surface area (TPSA) is 126 Å². The monoisotopic (exact) mass is 582 g/mol. The molecule has 2 atom stereocenters. The zero-order valence-corrected chi connectivity index (χ0v) is 25.3. The first-order valence-corrected chi connectivity index (χ1v) is 15.3. The number of carbonyl (C=O) groups is 2. The number of fused-ring (bicyclic) bond motifs is 1. The van der Waals surface area contributed by atoms with Crippen molar-refractivity contribution in [2.45, 2.75) is 52.2 Å². The number of nitrogens with zero attached hydrogens (tertiary/aromatic N) is 1. The van der Waals surface area contributed by atoms with Gasteiger partial charge in [-0.25, -0.2) is 13.2 Å². The number of amides is 3. The Labute approximate surface area is 241 Å². The second-order valence-corrected chi connectivity index (χ2v) is 13.2. The Morgan fingerprint density at radius 1 is 0.927 bits per heavy atom. The summed E-state index contributed by atoms with van der Waals surface area (Å²) < 4.78 is 37.8. The summed E-state index contributed by atoms with van der Waals surface area (Å²) in [5.74, 6) is 0.0900. The molecule has 1 heterocycles. The minimum absolute atomic E-state index is 0.0551. The SMILES string of the molecule is COc1c(NC(=O)Nc2ccc(C(=O)N3CC(C)OC(C)C3)c3ccccc23)cc(C(C)(C)C)cc1NS(C)(=O)=O. The highest BCUT2D eigenvalue weighted by atomic mass is 32.2. The van der Waals surface area contributed by atoms with Crippen LogP contribution in [0.25, 0.3) is 10.8 Å². The molecule has 1 saturated heterocycles. The van der Waals surface area contributed by atoms with Crippen molar-refractivity contribution in [2.75, 3.05) is 41.8 Å². The second kappa shape index (κ2) is 11.6. The van der Waals surface area contributed by atoms with Gasteiger partial charge in [-0.15, -0.1) is 0 Å². The van der Waals surface area contributed by atoms with E-state index in [0.717, 1.165) is 11.8 Å². The van der Waals surface area contributed by atoms with Crippen LogP contribution in [0.4, 0.5) is 21.9 Å². The average molecular weight is 583 g/mol. The maximum absolute atomic E-state index is 13.5. The van der Waals surface area contributed by atoms with E-state index in [1.165, 1.54) is 7.11 Å². The van der Waals surface area contributed by atoms with Gasteiger partial charge in [-0.1, -0.05) is 45.0 Å². The van der Waals surface area contributed by atoms with Gasteiger partial charge in [0.25, 0.3) is 5.91 Å². The highest BCUT2D eigenvalue weighted by Crippen LogP contribution is 2.39. The lowest BCUT2D eigenvalue weighted by atomic mass is 9.86. The molecule has 2 unspecified atom stereocenters. The number of hydrogen-bond donors (Lipinski definition) is 3. The highest BCUT2D eigenvalue weighted by Gasteiger charge is 2.28. The molecule has 3 amide bonds. The van der Waals surface area contributed by atoms with Gasteiger partial charge in [0.15, 0.2) is 5.75 Å². The molecule has 1 aliphatic heterocycles. The predicted molar refractivity (Wildman–Crippen MR) is 163 cm³/mol. The maximum Gasteiger partial charge on any atom is 0.323 e. The zero-order valence-electron chi connectivity index (χ0n) is 24.5. The molecule has 0 aliphatic carbocycles. The third-order valence-corrected chi connectivity index (χ3v) is 7.40. The Morgan fingerprint density at radius 3 is 2.10 bits per heavy atom. The van der Waals surface area contributed by atoms with Crippen molar-refractivity contribution in [1.82, 2.24) is 4.90 Å². The van der Waals surface area contributed by atoms with Crippen LogP contribution in [-0.2, 0) is 20.2 Å². The minimum Gasteiger partial charge on any atom is -0.492 e. The molecular weight excluding hydrogens is 544 g/mol. The molecule has 1 fully saturated rings. The molecule has 10 nitrogen and oxygen atoms in total. The van der Waals surface area contributed by atoms with E-state index < -0.39 is 16.1 Å². The van der Waals surface area contributed by atoms with E-state index in [0.29, 0.717) is 40.8 Å². The van der Waals surface area contributed by atoms with Gasteiger partial charge in [0.2, 0.25) is 10.0 Å². The first kappa shape index (κ1) is 30.1. The maximum atomic E-state index is 13.5. The van der Waals surface area contributed by atoms with Gasteiger partial charge in [0, 0.05) is 24.0 Å². The molecule has 4 rings (SSSR count). The zero-order chi connectivity index (χ0) is 30.1. The van der Waals surface area contributed by atoms with Crippen LogP contribution < -0.4 is 20.1 Å². The Bertz CT molecular complexity index is 1570. The van der Waals surface area contributed by atoms with Crippen molar-refractivity contribution >= 4 is 49.8 Å². The summed E-state index contributed by atoms with van der Waals surface area (Å²) in [5, 5.41) is 7.12. The molecule has 0 bridgehead atoms. The van der Waals surface area contributed by atoms with E-state index in [9.17, 15) is 18.0 Å². The molecule has 11 heteroatoms. The van der Waals surface area contributed by atoms with Crippen LogP contribution in [0.1, 0.15) is 50.5 Å². The Morgan fingerprint density at radius 2 is 1.51 bits per heavy atom. The number of morpholine rings is 1. The lowest BCUT2D eigenvalue weighted by Gasteiger charge is -2.35. The fraction of sp³-hybridized carbons (Fsp3) is 0.400. The number of ether oxygens (including phenoxy) is 2. The molecule has 41 heavy (non-hydrogen) atoms. The number of hydrogen-bond acceptors (Lipinski definition) is 6. The first-order chi connectivity index (χ1) is 19.2. The standard InChI is InChI=1S/C30H38N4O6S/c1-18-16-34(17-19(2)40-18)28(35)23-12-13-24(22-11-9-8-10-21(22)23)31-29(36)32-25-14-20(30(3,4)5)15-26(27(25)39-6)33-41(7,37)38/h8-15,18-19,33H,16-17H2,1-7H3,(H2,31,32,36). The van der Waals surface area contributed by atoms with Crippen LogP contribution in [0.2, 0.25) is 0 Å². The van der Waals surface area contributed by atoms with Crippen molar-refractivity contribution in [3.8, 4) is 5.75 Å². The van der Waals surface area contributed by atoms with Gasteiger partial charge in [-0.05, 0) is 54.5 Å². The molecule has 0 radical (unpaired) electrons. The van der Waals surface area contributed by atoms with Crippen LogP contribution in [0.15, 0.2) is 48.5 Å². The van der Waals surface area contributed by atoms with Gasteiger partial charge < -0.3 is 25.0 Å². The van der Waals surface area contributed by atoms with Crippen molar-refractivity contribution in [1.29, 1.82) is 0 Å². The van der Waals surface area contributed by atoms with Crippen LogP contribution in [0.3, 0.4) is 0 Å². The fourth-order valence-electron chi connectivity index (χ4n) is 5.03. The van der Waals surface area contributed by atoms with Crippen LogP contribution >= 0.6 is 0 Å². The normalized spacial score (nSPS) is 17.7. The molecule has 0 spiro atoms. The summed E-state index contributed by atoms with van der Waals surface area (Å²) >= 11 is 0. The highest BCUT2D eigenvalue weighted by molar-refractivity contribution is 7.92. The van der Waals surface area contributed by atoms with Crippen molar-refractivity contribution in [3.05, 3.63) is 59.7 Å². The molecule has 0 saturated carbocycles. The van der Waals surface area contributed by atoms with Gasteiger partial charge in [-0.2, -0.15) is 0 Å². The van der Waals surface area contributed by atoms with Crippen molar-refractivity contribution in [2.24, 2.45) is 0 Å². The smallest absolute Gasteiger partial charge is 0.323 e. The molecule has 3 N–H and O–H groups in total. The van der Waals surface area contributed by atoms with E-state index in [-0.39, 0.29) is 35.0 Å². The molecule has 0 aromatic heterocycles. The third-order valence-electron chi connectivity index (χ3n) is 6.81. The summed E-state index contributed by atoms with van der Waals surface area (Å²) in [4.78, 5) is 28.6. The minimum atomic E-state index is -3.61. The van der Waals surface area contributed by atoms with E-state index in [1.807, 2.05) is 58.9 Å². The molecular formula is C30H38N4O6S. The quantitative estimate of drug-likeness (QED) is 0.357. The number of anilines is 3. The number of rotatable bonds is 6. The Kier molecular flexibility index (Phi) is 8.51.